The van der Waals surface area contributed by atoms with Crippen molar-refractivity contribution in [1.82, 2.24) is 14.7 Å². The van der Waals surface area contributed by atoms with Crippen LogP contribution in [0.5, 0.6) is 0 Å². The summed E-state index contributed by atoms with van der Waals surface area (Å²) in [4.78, 5) is 14.7. The van der Waals surface area contributed by atoms with Crippen LogP contribution in [0.3, 0.4) is 0 Å². The van der Waals surface area contributed by atoms with Crippen molar-refractivity contribution in [3.05, 3.63) is 11.9 Å². The summed E-state index contributed by atoms with van der Waals surface area (Å²) in [6.45, 7) is 0.888. The van der Waals surface area contributed by atoms with Crippen molar-refractivity contribution in [2.75, 3.05) is 12.3 Å². The van der Waals surface area contributed by atoms with Gasteiger partial charge in [0.25, 0.3) is 5.91 Å². The van der Waals surface area contributed by atoms with Gasteiger partial charge in [-0.05, 0) is 31.6 Å². The maximum Gasteiger partial charge on any atom is 0.276 e. The molecular weight excluding hydrogens is 252 g/mol. The Morgan fingerprint density at radius 3 is 2.60 bits per heavy atom. The fourth-order valence-electron chi connectivity index (χ4n) is 3.24. The van der Waals surface area contributed by atoms with E-state index in [1.165, 1.54) is 32.1 Å². The summed E-state index contributed by atoms with van der Waals surface area (Å²) in [5.41, 5.74) is 6.82. The van der Waals surface area contributed by atoms with Crippen LogP contribution in [-0.2, 0) is 7.05 Å². The van der Waals surface area contributed by atoms with Gasteiger partial charge >= 0.3 is 0 Å². The Kier molecular flexibility index (Phi) is 3.68. The van der Waals surface area contributed by atoms with Gasteiger partial charge in [-0.15, -0.1) is 0 Å². The van der Waals surface area contributed by atoms with Gasteiger partial charge in [0, 0.05) is 25.8 Å². The molecule has 0 aliphatic heterocycles. The van der Waals surface area contributed by atoms with Crippen molar-refractivity contribution in [3.63, 3.8) is 0 Å². The third-order valence-corrected chi connectivity index (χ3v) is 4.49. The normalized spacial score (nSPS) is 20.1. The number of nitrogens with zero attached hydrogens (tertiary/aromatic N) is 3. The number of amides is 1. The SMILES string of the molecule is Cn1cc(N)c(C(=O)N(CC2CCCCC2)C2CC2)n1. The molecule has 1 heterocycles. The molecule has 2 fully saturated rings. The average Bonchev–Trinajstić information content (AvgIpc) is 3.22. The third-order valence-electron chi connectivity index (χ3n) is 4.49. The number of aryl methyl sites for hydroxylation is 1. The highest BCUT2D eigenvalue weighted by molar-refractivity contribution is 5.97. The summed E-state index contributed by atoms with van der Waals surface area (Å²) < 4.78 is 1.62. The van der Waals surface area contributed by atoms with E-state index in [9.17, 15) is 4.79 Å². The van der Waals surface area contributed by atoms with Crippen molar-refractivity contribution in [2.45, 2.75) is 51.0 Å². The van der Waals surface area contributed by atoms with Gasteiger partial charge in [0.2, 0.25) is 0 Å². The highest BCUT2D eigenvalue weighted by Crippen LogP contribution is 2.32. The molecule has 2 N–H and O–H groups in total. The molecule has 2 aliphatic carbocycles. The van der Waals surface area contributed by atoms with Gasteiger partial charge in [-0.1, -0.05) is 19.3 Å². The van der Waals surface area contributed by atoms with Gasteiger partial charge in [-0.3, -0.25) is 9.48 Å². The molecule has 1 aromatic rings. The number of anilines is 1. The molecule has 1 amide bonds. The second-order valence-corrected chi connectivity index (χ2v) is 6.30. The number of rotatable bonds is 4. The molecule has 110 valence electrons. The fourth-order valence-corrected chi connectivity index (χ4v) is 3.24. The van der Waals surface area contributed by atoms with Gasteiger partial charge in [-0.2, -0.15) is 5.10 Å². The first-order chi connectivity index (χ1) is 9.65. The lowest BCUT2D eigenvalue weighted by Crippen LogP contribution is -2.38. The van der Waals surface area contributed by atoms with Crippen molar-refractivity contribution in [3.8, 4) is 0 Å². The van der Waals surface area contributed by atoms with E-state index in [1.54, 1.807) is 17.9 Å². The number of hydrogen-bond donors (Lipinski definition) is 1. The molecule has 20 heavy (non-hydrogen) atoms. The number of carbonyl (C=O) groups is 1. The lowest BCUT2D eigenvalue weighted by Gasteiger charge is -2.29. The van der Waals surface area contributed by atoms with E-state index in [0.29, 0.717) is 23.3 Å². The molecule has 0 spiro atoms. The van der Waals surface area contributed by atoms with Crippen LogP contribution in [-0.4, -0.2) is 33.2 Å². The lowest BCUT2D eigenvalue weighted by atomic mass is 9.89. The van der Waals surface area contributed by atoms with E-state index in [2.05, 4.69) is 5.10 Å². The van der Waals surface area contributed by atoms with Crippen LogP contribution in [0.4, 0.5) is 5.69 Å². The largest absolute Gasteiger partial charge is 0.396 e. The highest BCUT2D eigenvalue weighted by atomic mass is 16.2. The summed E-state index contributed by atoms with van der Waals surface area (Å²) in [6, 6.07) is 0.422. The van der Waals surface area contributed by atoms with E-state index in [0.717, 1.165) is 19.4 Å². The summed E-state index contributed by atoms with van der Waals surface area (Å²) in [7, 11) is 1.80. The molecule has 5 nitrogen and oxygen atoms in total. The minimum atomic E-state index is 0.0242. The molecule has 0 aromatic carbocycles. The summed E-state index contributed by atoms with van der Waals surface area (Å²) in [5, 5.41) is 4.23. The maximum atomic E-state index is 12.7. The van der Waals surface area contributed by atoms with Crippen molar-refractivity contribution in [2.24, 2.45) is 13.0 Å². The molecule has 0 unspecified atom stereocenters. The van der Waals surface area contributed by atoms with Crippen LogP contribution in [0.25, 0.3) is 0 Å². The highest BCUT2D eigenvalue weighted by Gasteiger charge is 2.36. The maximum absolute atomic E-state index is 12.7. The topological polar surface area (TPSA) is 64.2 Å². The Bertz CT molecular complexity index is 486. The van der Waals surface area contributed by atoms with Crippen LogP contribution >= 0.6 is 0 Å². The Hall–Kier alpha value is -1.52. The Morgan fingerprint density at radius 2 is 2.05 bits per heavy atom. The Labute approximate surface area is 120 Å². The predicted molar refractivity (Wildman–Crippen MR) is 78.3 cm³/mol. The minimum Gasteiger partial charge on any atom is -0.396 e. The van der Waals surface area contributed by atoms with Crippen molar-refractivity contribution in [1.29, 1.82) is 0 Å². The third kappa shape index (κ3) is 2.81. The summed E-state index contributed by atoms with van der Waals surface area (Å²) in [5.74, 6) is 0.689. The molecule has 1 aromatic heterocycles. The zero-order valence-electron chi connectivity index (χ0n) is 12.2. The summed E-state index contributed by atoms with van der Waals surface area (Å²) >= 11 is 0. The van der Waals surface area contributed by atoms with Crippen LogP contribution in [0.1, 0.15) is 55.4 Å². The first-order valence-corrected chi connectivity index (χ1v) is 7.75. The fraction of sp³-hybridized carbons (Fsp3) is 0.733. The first-order valence-electron chi connectivity index (χ1n) is 7.75. The predicted octanol–water partition coefficient (Wildman–Crippen LogP) is 2.19. The van der Waals surface area contributed by atoms with E-state index in [4.69, 9.17) is 5.73 Å². The monoisotopic (exact) mass is 276 g/mol. The molecule has 0 saturated heterocycles. The van der Waals surface area contributed by atoms with Crippen LogP contribution < -0.4 is 5.73 Å². The molecular formula is C15H24N4O. The van der Waals surface area contributed by atoms with E-state index >= 15 is 0 Å². The average molecular weight is 276 g/mol. The molecule has 0 radical (unpaired) electrons. The van der Waals surface area contributed by atoms with E-state index in [-0.39, 0.29) is 5.91 Å². The van der Waals surface area contributed by atoms with Gasteiger partial charge in [-0.25, -0.2) is 0 Å². The van der Waals surface area contributed by atoms with Crippen LogP contribution in [0, 0.1) is 5.92 Å². The van der Waals surface area contributed by atoms with Gasteiger partial charge < -0.3 is 10.6 Å². The number of carbonyl (C=O) groups excluding carboxylic acids is 1. The van der Waals surface area contributed by atoms with Crippen molar-refractivity contribution >= 4 is 11.6 Å². The molecule has 5 heteroatoms. The smallest absolute Gasteiger partial charge is 0.276 e. The number of nitrogen functional groups attached to an aromatic ring is 1. The molecule has 2 aliphatic rings. The van der Waals surface area contributed by atoms with E-state index in [1.807, 2.05) is 4.90 Å². The second-order valence-electron chi connectivity index (χ2n) is 6.30. The lowest BCUT2D eigenvalue weighted by molar-refractivity contribution is 0.0693. The first kappa shape index (κ1) is 13.5. The molecule has 2 saturated carbocycles. The number of hydrogen-bond acceptors (Lipinski definition) is 3. The zero-order valence-corrected chi connectivity index (χ0v) is 12.2. The summed E-state index contributed by atoms with van der Waals surface area (Å²) in [6.07, 6.45) is 10.4. The van der Waals surface area contributed by atoms with Crippen molar-refractivity contribution < 1.29 is 4.79 Å². The molecule has 0 atom stereocenters. The van der Waals surface area contributed by atoms with Gasteiger partial charge in [0.05, 0.1) is 5.69 Å². The van der Waals surface area contributed by atoms with Gasteiger partial charge in [0.1, 0.15) is 0 Å². The molecule has 0 bridgehead atoms. The van der Waals surface area contributed by atoms with Crippen LogP contribution in [0.2, 0.25) is 0 Å². The molecule has 3 rings (SSSR count). The quantitative estimate of drug-likeness (QED) is 0.916. The number of nitrogens with two attached hydrogens (primary N) is 1. The van der Waals surface area contributed by atoms with Crippen LogP contribution in [0.15, 0.2) is 6.20 Å². The number of aromatic nitrogens is 2. The standard InChI is InChI=1S/C15H24N4O/c1-18-10-13(16)14(17-18)15(20)19(12-7-8-12)9-11-5-3-2-4-6-11/h10-12H,2-9,16H2,1H3. The minimum absolute atomic E-state index is 0.0242. The van der Waals surface area contributed by atoms with Gasteiger partial charge in [0.15, 0.2) is 5.69 Å². The Balaban J connectivity index is 1.72. The Morgan fingerprint density at radius 1 is 1.35 bits per heavy atom. The van der Waals surface area contributed by atoms with E-state index < -0.39 is 0 Å². The zero-order chi connectivity index (χ0) is 14.1. The second kappa shape index (κ2) is 5.46.